The van der Waals surface area contributed by atoms with Crippen molar-refractivity contribution in [3.05, 3.63) is 41.2 Å². The highest BCUT2D eigenvalue weighted by atomic mass is 35.5. The average molecular weight is 335 g/mol. The second kappa shape index (κ2) is 6.65. The van der Waals surface area contributed by atoms with E-state index in [2.05, 4.69) is 25.0 Å². The summed E-state index contributed by atoms with van der Waals surface area (Å²) in [7, 11) is 0. The molecule has 0 aliphatic heterocycles. The van der Waals surface area contributed by atoms with Gasteiger partial charge >= 0.3 is 6.18 Å². The van der Waals surface area contributed by atoms with Gasteiger partial charge in [-0.3, -0.25) is 4.79 Å². The minimum atomic E-state index is -4.52. The number of aromatic nitrogens is 3. The van der Waals surface area contributed by atoms with Gasteiger partial charge in [-0.15, -0.1) is 0 Å². The molecule has 0 bridgehead atoms. The summed E-state index contributed by atoms with van der Waals surface area (Å²) in [6, 6.07) is 1.13. The maximum absolute atomic E-state index is 12.2. The van der Waals surface area contributed by atoms with Crippen LogP contribution in [0.1, 0.15) is 16.1 Å². The molecule has 118 valence electrons. The Balaban J connectivity index is 2.10. The quantitative estimate of drug-likeness (QED) is 0.822. The van der Waals surface area contributed by atoms with Crippen LogP contribution in [0.3, 0.4) is 0 Å². The molecule has 0 spiro atoms. The summed E-state index contributed by atoms with van der Waals surface area (Å²) in [6.45, 7) is -1.41. The standard InChI is InChI=1S/C12H10ClF3N4O2/c13-10-1-8(9(4-18-10)22-5-12(14,15)16)11(21)19-3-7-2-17-6-20-7/h1-2,4,6H,3,5H2,(H,17,20)(H,19,21). The summed E-state index contributed by atoms with van der Waals surface area (Å²) in [6.07, 6.45) is -0.619. The molecule has 10 heteroatoms. The molecule has 0 aromatic carbocycles. The van der Waals surface area contributed by atoms with Crippen molar-refractivity contribution in [1.82, 2.24) is 20.3 Å². The average Bonchev–Trinajstić information content (AvgIpc) is 2.95. The van der Waals surface area contributed by atoms with E-state index in [-0.39, 0.29) is 23.0 Å². The SMILES string of the molecule is O=C(NCc1cnc[nH]1)c1cc(Cl)ncc1OCC(F)(F)F. The zero-order valence-electron chi connectivity index (χ0n) is 10.9. The van der Waals surface area contributed by atoms with E-state index >= 15 is 0 Å². The van der Waals surface area contributed by atoms with E-state index in [1.165, 1.54) is 12.5 Å². The number of nitrogens with one attached hydrogen (secondary N) is 2. The van der Waals surface area contributed by atoms with Crippen LogP contribution in [0.15, 0.2) is 24.8 Å². The molecule has 0 atom stereocenters. The summed E-state index contributed by atoms with van der Waals surface area (Å²) in [4.78, 5) is 22.2. The fraction of sp³-hybridized carbons (Fsp3) is 0.250. The van der Waals surface area contributed by atoms with Gasteiger partial charge in [0.25, 0.3) is 5.91 Å². The second-order valence-electron chi connectivity index (χ2n) is 4.17. The minimum Gasteiger partial charge on any atom is -0.482 e. The van der Waals surface area contributed by atoms with Crippen molar-refractivity contribution in [2.24, 2.45) is 0 Å². The number of hydrogen-bond donors (Lipinski definition) is 2. The number of aromatic amines is 1. The lowest BCUT2D eigenvalue weighted by Crippen LogP contribution is -2.25. The largest absolute Gasteiger partial charge is 0.482 e. The van der Waals surface area contributed by atoms with Crippen LogP contribution in [0.25, 0.3) is 0 Å². The van der Waals surface area contributed by atoms with Gasteiger partial charge < -0.3 is 15.0 Å². The summed E-state index contributed by atoms with van der Waals surface area (Å²) < 4.78 is 41.2. The third-order valence-corrected chi connectivity index (χ3v) is 2.67. The molecule has 2 heterocycles. The number of carbonyl (C=O) groups is 1. The van der Waals surface area contributed by atoms with Crippen LogP contribution >= 0.6 is 11.6 Å². The Morgan fingerprint density at radius 2 is 2.18 bits per heavy atom. The third-order valence-electron chi connectivity index (χ3n) is 2.46. The highest BCUT2D eigenvalue weighted by molar-refractivity contribution is 6.29. The predicted molar refractivity (Wildman–Crippen MR) is 70.6 cm³/mol. The molecule has 2 N–H and O–H groups in total. The number of halogens is 4. The molecule has 0 saturated heterocycles. The molecule has 0 fully saturated rings. The van der Waals surface area contributed by atoms with Gasteiger partial charge in [-0.05, 0) is 6.07 Å². The summed E-state index contributed by atoms with van der Waals surface area (Å²) in [5.74, 6) is -0.945. The van der Waals surface area contributed by atoms with Gasteiger partial charge in [0.05, 0.1) is 30.3 Å². The van der Waals surface area contributed by atoms with Crippen molar-refractivity contribution < 1.29 is 22.7 Å². The number of imidazole rings is 1. The molecule has 22 heavy (non-hydrogen) atoms. The normalized spacial score (nSPS) is 11.3. The molecule has 2 aromatic heterocycles. The van der Waals surface area contributed by atoms with E-state index in [1.807, 2.05) is 0 Å². The summed E-state index contributed by atoms with van der Waals surface area (Å²) in [5.41, 5.74) is 0.495. The third kappa shape index (κ3) is 4.62. The monoisotopic (exact) mass is 334 g/mol. The van der Waals surface area contributed by atoms with E-state index in [1.54, 1.807) is 0 Å². The Bertz CT molecular complexity index is 646. The Kier molecular flexibility index (Phi) is 4.86. The Morgan fingerprint density at radius 3 is 2.82 bits per heavy atom. The smallest absolute Gasteiger partial charge is 0.422 e. The highest BCUT2D eigenvalue weighted by Crippen LogP contribution is 2.23. The van der Waals surface area contributed by atoms with Crippen LogP contribution in [0.5, 0.6) is 5.75 Å². The lowest BCUT2D eigenvalue weighted by atomic mass is 10.2. The Labute approximate surface area is 127 Å². The van der Waals surface area contributed by atoms with Crippen molar-refractivity contribution in [2.45, 2.75) is 12.7 Å². The van der Waals surface area contributed by atoms with Crippen LogP contribution in [0.2, 0.25) is 5.15 Å². The van der Waals surface area contributed by atoms with Crippen molar-refractivity contribution in [3.8, 4) is 5.75 Å². The van der Waals surface area contributed by atoms with Gasteiger partial charge in [0.1, 0.15) is 5.15 Å². The first-order valence-corrected chi connectivity index (χ1v) is 6.33. The molecule has 0 radical (unpaired) electrons. The minimum absolute atomic E-state index is 0.0361. The van der Waals surface area contributed by atoms with E-state index in [9.17, 15) is 18.0 Å². The van der Waals surface area contributed by atoms with Gasteiger partial charge in [-0.25, -0.2) is 9.97 Å². The van der Waals surface area contributed by atoms with Crippen molar-refractivity contribution in [2.75, 3.05) is 6.61 Å². The number of alkyl halides is 3. The number of hydrogen-bond acceptors (Lipinski definition) is 4. The molecule has 0 aliphatic carbocycles. The maximum Gasteiger partial charge on any atom is 0.422 e. The molecule has 0 aliphatic rings. The molecule has 2 aromatic rings. The van der Waals surface area contributed by atoms with Crippen LogP contribution in [-0.4, -0.2) is 33.6 Å². The maximum atomic E-state index is 12.2. The van der Waals surface area contributed by atoms with E-state index in [4.69, 9.17) is 11.6 Å². The molecule has 2 rings (SSSR count). The first-order valence-electron chi connectivity index (χ1n) is 5.96. The van der Waals surface area contributed by atoms with Crippen LogP contribution in [0, 0.1) is 0 Å². The number of pyridine rings is 1. The topological polar surface area (TPSA) is 79.9 Å². The van der Waals surface area contributed by atoms with Crippen LogP contribution in [-0.2, 0) is 6.54 Å². The van der Waals surface area contributed by atoms with Gasteiger partial charge in [0, 0.05) is 6.20 Å². The molecule has 0 saturated carbocycles. The number of amides is 1. The number of carbonyl (C=O) groups excluding carboxylic acids is 1. The number of nitrogens with zero attached hydrogens (tertiary/aromatic N) is 2. The summed E-state index contributed by atoms with van der Waals surface area (Å²) in [5, 5.41) is 2.47. The lowest BCUT2D eigenvalue weighted by Gasteiger charge is -2.12. The van der Waals surface area contributed by atoms with Crippen molar-refractivity contribution >= 4 is 17.5 Å². The number of ether oxygens (including phenoxy) is 1. The first kappa shape index (κ1) is 16.1. The number of H-pyrrole nitrogens is 1. The lowest BCUT2D eigenvalue weighted by molar-refractivity contribution is -0.153. The van der Waals surface area contributed by atoms with E-state index in [0.717, 1.165) is 12.3 Å². The summed E-state index contributed by atoms with van der Waals surface area (Å²) >= 11 is 5.67. The Hall–Kier alpha value is -2.29. The van der Waals surface area contributed by atoms with Crippen molar-refractivity contribution in [1.29, 1.82) is 0 Å². The zero-order chi connectivity index (χ0) is 16.2. The van der Waals surface area contributed by atoms with Gasteiger partial charge in [0.2, 0.25) is 0 Å². The highest BCUT2D eigenvalue weighted by Gasteiger charge is 2.29. The molecule has 1 amide bonds. The van der Waals surface area contributed by atoms with E-state index in [0.29, 0.717) is 5.69 Å². The van der Waals surface area contributed by atoms with Crippen LogP contribution < -0.4 is 10.1 Å². The van der Waals surface area contributed by atoms with E-state index < -0.39 is 18.7 Å². The molecule has 6 nitrogen and oxygen atoms in total. The first-order chi connectivity index (χ1) is 10.3. The molecular weight excluding hydrogens is 325 g/mol. The fourth-order valence-corrected chi connectivity index (χ4v) is 1.68. The van der Waals surface area contributed by atoms with Crippen molar-refractivity contribution in [3.63, 3.8) is 0 Å². The van der Waals surface area contributed by atoms with Gasteiger partial charge in [-0.1, -0.05) is 11.6 Å². The zero-order valence-corrected chi connectivity index (χ0v) is 11.7. The fourth-order valence-electron chi connectivity index (χ4n) is 1.52. The second-order valence-corrected chi connectivity index (χ2v) is 4.55. The number of rotatable bonds is 5. The molecular formula is C12H10ClF3N4O2. The molecule has 0 unspecified atom stereocenters. The van der Waals surface area contributed by atoms with Gasteiger partial charge in [0.15, 0.2) is 12.4 Å². The predicted octanol–water partition coefficient (Wildman–Crippen LogP) is 2.33. The Morgan fingerprint density at radius 1 is 1.41 bits per heavy atom. The van der Waals surface area contributed by atoms with Gasteiger partial charge in [-0.2, -0.15) is 13.2 Å². The van der Waals surface area contributed by atoms with Crippen LogP contribution in [0.4, 0.5) is 13.2 Å².